The first-order valence-corrected chi connectivity index (χ1v) is 6.55. The molecule has 2 aliphatic heterocycles. The van der Waals surface area contributed by atoms with Gasteiger partial charge in [0.15, 0.2) is 11.6 Å². The lowest BCUT2D eigenvalue weighted by molar-refractivity contribution is -0.182. The molecule has 0 N–H and O–H groups in total. The predicted molar refractivity (Wildman–Crippen MR) is 62.5 cm³/mol. The zero-order valence-corrected chi connectivity index (χ0v) is 10.8. The van der Waals surface area contributed by atoms with Gasteiger partial charge in [-0.05, 0) is 12.2 Å². The van der Waals surface area contributed by atoms with Crippen LogP contribution in [0.25, 0.3) is 0 Å². The Hall–Kier alpha value is -2.44. The Kier molecular flexibility index (Phi) is 3.44. The highest BCUT2D eigenvalue weighted by atomic mass is 31.2. The summed E-state index contributed by atoms with van der Waals surface area (Å²) < 4.78 is 25.1. The summed E-state index contributed by atoms with van der Waals surface area (Å²) in [5.74, 6) is -4.08. The standard InChI is InChI=1S/C11H7O8P/c1-3-6(12)9(7(13)4-2)11-10(14)8-5-16-20(15,18-8)19-17-11/h3-5H,1-2H2. The lowest BCUT2D eigenvalue weighted by Crippen LogP contribution is -2.18. The summed E-state index contributed by atoms with van der Waals surface area (Å²) in [6.45, 7) is 6.40. The number of carbonyl (C=O) groups is 3. The molecular formula is C11H7O8P. The second kappa shape index (κ2) is 4.92. The molecule has 0 aliphatic carbocycles. The van der Waals surface area contributed by atoms with E-state index in [0.29, 0.717) is 0 Å². The van der Waals surface area contributed by atoms with Gasteiger partial charge in [0, 0.05) is 0 Å². The van der Waals surface area contributed by atoms with Gasteiger partial charge in [0.05, 0.1) is 0 Å². The third kappa shape index (κ3) is 2.22. The van der Waals surface area contributed by atoms with Crippen LogP contribution in [0.15, 0.2) is 48.7 Å². The molecule has 1 atom stereocenters. The molecule has 1 unspecified atom stereocenters. The predicted octanol–water partition coefficient (Wildman–Crippen LogP) is 1.28. The van der Waals surface area contributed by atoms with E-state index in [4.69, 9.17) is 0 Å². The average Bonchev–Trinajstić information content (AvgIpc) is 2.78. The molecule has 0 radical (unpaired) electrons. The number of fused-ring (bicyclic) bond motifs is 2. The molecule has 2 bridgehead atoms. The summed E-state index contributed by atoms with van der Waals surface area (Å²) in [6.07, 6.45) is 2.36. The second-order valence-electron chi connectivity index (χ2n) is 3.45. The Morgan fingerprint density at radius 3 is 2.35 bits per heavy atom. The van der Waals surface area contributed by atoms with E-state index in [1.54, 1.807) is 0 Å². The van der Waals surface area contributed by atoms with Crippen LogP contribution in [0.1, 0.15) is 0 Å². The Morgan fingerprint density at radius 1 is 1.20 bits per heavy atom. The van der Waals surface area contributed by atoms with Crippen molar-refractivity contribution in [1.82, 2.24) is 0 Å². The van der Waals surface area contributed by atoms with E-state index >= 15 is 0 Å². The van der Waals surface area contributed by atoms with Crippen molar-refractivity contribution in [2.75, 3.05) is 0 Å². The fraction of sp³-hybridized carbons (Fsp3) is 0. The fourth-order valence-corrected chi connectivity index (χ4v) is 2.21. The first kappa shape index (κ1) is 14.0. The number of phosphoric ester groups is 1. The van der Waals surface area contributed by atoms with E-state index < -0.39 is 42.3 Å². The van der Waals surface area contributed by atoms with Crippen molar-refractivity contribution in [3.05, 3.63) is 48.7 Å². The van der Waals surface area contributed by atoms with Crippen LogP contribution in [0.2, 0.25) is 0 Å². The van der Waals surface area contributed by atoms with E-state index in [9.17, 15) is 18.9 Å². The van der Waals surface area contributed by atoms with Gasteiger partial charge in [0.1, 0.15) is 11.8 Å². The molecule has 0 aromatic rings. The van der Waals surface area contributed by atoms with Crippen molar-refractivity contribution in [3.63, 3.8) is 0 Å². The number of phosphoric acid groups is 1. The van der Waals surface area contributed by atoms with Crippen molar-refractivity contribution >= 4 is 25.2 Å². The fourth-order valence-electron chi connectivity index (χ4n) is 1.34. The summed E-state index contributed by atoms with van der Waals surface area (Å²) in [5.41, 5.74) is -0.662. The van der Waals surface area contributed by atoms with Gasteiger partial charge in [-0.3, -0.25) is 14.4 Å². The van der Waals surface area contributed by atoms with Crippen molar-refractivity contribution in [2.45, 2.75) is 0 Å². The van der Waals surface area contributed by atoms with Gasteiger partial charge in [0.2, 0.25) is 11.5 Å². The zero-order valence-electron chi connectivity index (χ0n) is 9.86. The first-order valence-electron chi connectivity index (χ1n) is 5.09. The minimum atomic E-state index is -4.10. The van der Waals surface area contributed by atoms with Crippen LogP contribution in [0.4, 0.5) is 0 Å². The van der Waals surface area contributed by atoms with Crippen LogP contribution in [0.5, 0.6) is 0 Å². The van der Waals surface area contributed by atoms with Crippen molar-refractivity contribution in [1.29, 1.82) is 0 Å². The molecule has 0 aromatic carbocycles. The van der Waals surface area contributed by atoms with Gasteiger partial charge in [-0.1, -0.05) is 17.8 Å². The number of carbonyl (C=O) groups excluding carboxylic acids is 3. The second-order valence-corrected chi connectivity index (χ2v) is 4.89. The summed E-state index contributed by atoms with van der Waals surface area (Å²) in [4.78, 5) is 39.8. The molecule has 9 heteroatoms. The molecule has 0 spiro atoms. The Bertz CT molecular complexity index is 631. The molecule has 2 heterocycles. The summed E-state index contributed by atoms with van der Waals surface area (Å²) in [5, 5.41) is 0. The molecule has 0 aromatic heterocycles. The molecule has 0 saturated carbocycles. The monoisotopic (exact) mass is 298 g/mol. The van der Waals surface area contributed by atoms with Crippen LogP contribution >= 0.6 is 7.82 Å². The minimum absolute atomic E-state index is 0.507. The third-order valence-electron chi connectivity index (χ3n) is 2.23. The number of rotatable bonds is 4. The molecule has 1 saturated heterocycles. The lowest BCUT2D eigenvalue weighted by Gasteiger charge is -2.08. The Labute approximate surface area is 112 Å². The largest absolute Gasteiger partial charge is 0.624 e. The lowest BCUT2D eigenvalue weighted by atomic mass is 10.0. The SMILES string of the molecule is C=CC(=O)C(C(=O)C=C)=C1OOP2(=O)OC=C(O2)C1=O. The van der Waals surface area contributed by atoms with Crippen LogP contribution < -0.4 is 0 Å². The van der Waals surface area contributed by atoms with E-state index in [1.165, 1.54) is 0 Å². The van der Waals surface area contributed by atoms with Crippen LogP contribution in [0.3, 0.4) is 0 Å². The molecule has 104 valence electrons. The maximum absolute atomic E-state index is 12.0. The van der Waals surface area contributed by atoms with Gasteiger partial charge in [0.25, 0.3) is 5.78 Å². The average molecular weight is 298 g/mol. The smallest absolute Gasteiger partial charge is 0.397 e. The third-order valence-corrected chi connectivity index (χ3v) is 3.27. The van der Waals surface area contributed by atoms with Gasteiger partial charge >= 0.3 is 7.82 Å². The summed E-state index contributed by atoms with van der Waals surface area (Å²) in [6, 6.07) is 0. The van der Waals surface area contributed by atoms with Crippen molar-refractivity contribution in [3.8, 4) is 0 Å². The molecule has 20 heavy (non-hydrogen) atoms. The Morgan fingerprint density at radius 2 is 1.80 bits per heavy atom. The molecular weight excluding hydrogens is 291 g/mol. The number of Topliss-reactive ketones (excluding diaryl/α,β-unsaturated/α-hetero) is 1. The summed E-state index contributed by atoms with van der Waals surface area (Å²) in [7, 11) is -4.10. The van der Waals surface area contributed by atoms with E-state index in [2.05, 4.69) is 31.8 Å². The highest BCUT2D eigenvalue weighted by Gasteiger charge is 2.47. The molecule has 8 nitrogen and oxygen atoms in total. The van der Waals surface area contributed by atoms with E-state index in [-0.39, 0.29) is 0 Å². The molecule has 2 aliphatic rings. The van der Waals surface area contributed by atoms with Gasteiger partial charge in [-0.2, -0.15) is 0 Å². The number of hydrogen-bond acceptors (Lipinski definition) is 8. The maximum Gasteiger partial charge on any atom is 0.624 e. The van der Waals surface area contributed by atoms with Gasteiger partial charge in [-0.15, -0.1) is 0 Å². The number of ketones is 3. The van der Waals surface area contributed by atoms with E-state index in [1.807, 2.05) is 0 Å². The molecule has 1 fully saturated rings. The van der Waals surface area contributed by atoms with Crippen molar-refractivity contribution < 1.29 is 37.6 Å². The number of hydrogen-bond donors (Lipinski definition) is 0. The molecule has 2 rings (SSSR count). The van der Waals surface area contributed by atoms with Gasteiger partial charge < -0.3 is 13.9 Å². The minimum Gasteiger partial charge on any atom is -0.397 e. The zero-order chi connectivity index (χ0) is 14.9. The molecule has 0 amide bonds. The topological polar surface area (TPSA) is 105 Å². The van der Waals surface area contributed by atoms with Crippen LogP contribution in [-0.4, -0.2) is 17.3 Å². The van der Waals surface area contributed by atoms with Gasteiger partial charge in [-0.25, -0.2) is 4.57 Å². The van der Waals surface area contributed by atoms with Crippen LogP contribution in [-0.2, 0) is 37.6 Å². The van der Waals surface area contributed by atoms with Crippen molar-refractivity contribution in [2.24, 2.45) is 0 Å². The maximum atomic E-state index is 12.0. The first-order chi connectivity index (χ1) is 9.41. The normalized spacial score (nSPS) is 23.5. The highest BCUT2D eigenvalue weighted by molar-refractivity contribution is 7.48. The summed E-state index contributed by atoms with van der Waals surface area (Å²) >= 11 is 0. The Balaban J connectivity index is 2.59. The van der Waals surface area contributed by atoms with E-state index in [0.717, 1.165) is 18.4 Å². The highest BCUT2D eigenvalue weighted by Crippen LogP contribution is 2.58. The van der Waals surface area contributed by atoms with Crippen LogP contribution in [0, 0.1) is 0 Å². The number of allylic oxidation sites excluding steroid dienone is 3. The quantitative estimate of drug-likeness (QED) is 0.251.